The quantitative estimate of drug-likeness (QED) is 0.621. The van der Waals surface area contributed by atoms with Crippen LogP contribution in [-0.4, -0.2) is 49.1 Å². The number of halogens is 1. The number of nitrogens with zero attached hydrogens (tertiary/aromatic N) is 2. The molecular weight excluding hydrogens is 303 g/mol. The van der Waals surface area contributed by atoms with Gasteiger partial charge in [-0.1, -0.05) is 12.1 Å². The molecule has 1 aliphatic rings. The number of likely N-dealkylation sites (tertiary alicyclic amines) is 1. The van der Waals surface area contributed by atoms with Gasteiger partial charge in [-0.05, 0) is 57.7 Å². The van der Waals surface area contributed by atoms with Crippen LogP contribution >= 0.6 is 0 Å². The zero-order chi connectivity index (χ0) is 17.4. The maximum Gasteiger partial charge on any atom is 0.191 e. The van der Waals surface area contributed by atoms with Crippen LogP contribution in [0.15, 0.2) is 29.3 Å². The fraction of sp³-hybridized carbons (Fsp3) is 0.632. The fourth-order valence-electron chi connectivity index (χ4n) is 3.02. The van der Waals surface area contributed by atoms with Gasteiger partial charge < -0.3 is 15.5 Å². The smallest absolute Gasteiger partial charge is 0.191 e. The van der Waals surface area contributed by atoms with Crippen molar-refractivity contribution in [2.45, 2.75) is 52.1 Å². The van der Waals surface area contributed by atoms with Crippen LogP contribution in [0, 0.1) is 5.82 Å². The average Bonchev–Trinajstić information content (AvgIpc) is 2.57. The van der Waals surface area contributed by atoms with Crippen LogP contribution in [0.25, 0.3) is 0 Å². The Morgan fingerprint density at radius 1 is 1.25 bits per heavy atom. The van der Waals surface area contributed by atoms with Crippen LogP contribution < -0.4 is 10.6 Å². The number of hydrogen-bond donors (Lipinski definition) is 2. The van der Waals surface area contributed by atoms with Crippen molar-refractivity contribution in [3.63, 3.8) is 0 Å². The summed E-state index contributed by atoms with van der Waals surface area (Å²) in [6.07, 6.45) is 3.13. The summed E-state index contributed by atoms with van der Waals surface area (Å²) in [6, 6.07) is 7.78. The molecule has 5 heteroatoms. The molecular formula is C19H31FN4. The molecule has 0 amide bonds. The molecule has 134 valence electrons. The highest BCUT2D eigenvalue weighted by atomic mass is 19.1. The Hall–Kier alpha value is -1.62. The lowest BCUT2D eigenvalue weighted by Gasteiger charge is -2.35. The minimum Gasteiger partial charge on any atom is -0.357 e. The Morgan fingerprint density at radius 3 is 2.50 bits per heavy atom. The van der Waals surface area contributed by atoms with Crippen molar-refractivity contribution < 1.29 is 4.39 Å². The van der Waals surface area contributed by atoms with Crippen LogP contribution in [0.1, 0.15) is 39.2 Å². The molecule has 0 aliphatic carbocycles. The molecule has 0 aromatic heterocycles. The highest BCUT2D eigenvalue weighted by Crippen LogP contribution is 2.12. The summed E-state index contributed by atoms with van der Waals surface area (Å²) in [7, 11) is 0. The molecule has 1 aromatic carbocycles. The first-order chi connectivity index (χ1) is 11.6. The maximum atomic E-state index is 12.9. The van der Waals surface area contributed by atoms with Gasteiger partial charge in [0.15, 0.2) is 5.96 Å². The van der Waals surface area contributed by atoms with Crippen molar-refractivity contribution >= 4 is 5.96 Å². The summed E-state index contributed by atoms with van der Waals surface area (Å²) in [4.78, 5) is 7.19. The molecule has 24 heavy (non-hydrogen) atoms. The van der Waals surface area contributed by atoms with Crippen molar-refractivity contribution in [2.75, 3.05) is 26.2 Å². The number of piperidine rings is 1. The van der Waals surface area contributed by atoms with E-state index >= 15 is 0 Å². The molecule has 1 aliphatic heterocycles. The van der Waals surface area contributed by atoms with E-state index in [9.17, 15) is 4.39 Å². The fourth-order valence-corrected chi connectivity index (χ4v) is 3.02. The van der Waals surface area contributed by atoms with E-state index < -0.39 is 0 Å². The minimum absolute atomic E-state index is 0.190. The van der Waals surface area contributed by atoms with Gasteiger partial charge in [0.2, 0.25) is 0 Å². The van der Waals surface area contributed by atoms with E-state index in [0.29, 0.717) is 18.6 Å². The third kappa shape index (κ3) is 6.11. The molecule has 1 aromatic rings. The summed E-state index contributed by atoms with van der Waals surface area (Å²) in [5.74, 6) is 0.701. The minimum atomic E-state index is -0.190. The highest BCUT2D eigenvalue weighted by Gasteiger charge is 2.21. The molecule has 0 unspecified atom stereocenters. The van der Waals surface area contributed by atoms with Crippen LogP contribution in [0.4, 0.5) is 4.39 Å². The SMILES string of the molecule is CCNC(=NCCc1ccc(F)cc1)NC1CCN(C(C)C)CC1. The zero-order valence-electron chi connectivity index (χ0n) is 15.2. The average molecular weight is 334 g/mol. The van der Waals surface area contributed by atoms with Gasteiger partial charge in [-0.3, -0.25) is 4.99 Å². The molecule has 0 saturated carbocycles. The third-order valence-corrected chi connectivity index (χ3v) is 4.53. The molecule has 1 saturated heterocycles. The van der Waals surface area contributed by atoms with Gasteiger partial charge in [-0.15, -0.1) is 0 Å². The molecule has 1 heterocycles. The third-order valence-electron chi connectivity index (χ3n) is 4.53. The summed E-state index contributed by atoms with van der Waals surface area (Å²) < 4.78 is 12.9. The second kappa shape index (κ2) is 9.62. The molecule has 4 nitrogen and oxygen atoms in total. The molecule has 0 spiro atoms. The number of guanidine groups is 1. The molecule has 2 rings (SSSR count). The second-order valence-corrected chi connectivity index (χ2v) is 6.69. The van der Waals surface area contributed by atoms with Crippen LogP contribution in [0.5, 0.6) is 0 Å². The molecule has 0 radical (unpaired) electrons. The van der Waals surface area contributed by atoms with Crippen molar-refractivity contribution in [3.05, 3.63) is 35.6 Å². The van der Waals surface area contributed by atoms with Crippen molar-refractivity contribution in [1.29, 1.82) is 0 Å². The standard InChI is InChI=1S/C19H31FN4/c1-4-21-19(22-12-9-16-5-7-17(20)8-6-16)23-18-10-13-24(14-11-18)15(2)3/h5-8,15,18H,4,9-14H2,1-3H3,(H2,21,22,23). The number of rotatable bonds is 6. The van der Waals surface area contributed by atoms with E-state index in [1.54, 1.807) is 0 Å². The second-order valence-electron chi connectivity index (χ2n) is 6.69. The Balaban J connectivity index is 1.81. The highest BCUT2D eigenvalue weighted by molar-refractivity contribution is 5.80. The van der Waals surface area contributed by atoms with Gasteiger partial charge >= 0.3 is 0 Å². The lowest BCUT2D eigenvalue weighted by Crippen LogP contribution is -2.49. The predicted molar refractivity (Wildman–Crippen MR) is 98.9 cm³/mol. The topological polar surface area (TPSA) is 39.7 Å². The van der Waals surface area contributed by atoms with Gasteiger partial charge in [0, 0.05) is 38.3 Å². The van der Waals surface area contributed by atoms with E-state index in [4.69, 9.17) is 0 Å². The monoisotopic (exact) mass is 334 g/mol. The number of nitrogens with one attached hydrogen (secondary N) is 2. The van der Waals surface area contributed by atoms with Crippen LogP contribution in [0.3, 0.4) is 0 Å². The molecule has 2 N–H and O–H groups in total. The lowest BCUT2D eigenvalue weighted by molar-refractivity contribution is 0.167. The van der Waals surface area contributed by atoms with Gasteiger partial charge in [-0.2, -0.15) is 0 Å². The van der Waals surface area contributed by atoms with Crippen molar-refractivity contribution in [3.8, 4) is 0 Å². The predicted octanol–water partition coefficient (Wildman–Crippen LogP) is 2.80. The van der Waals surface area contributed by atoms with E-state index in [0.717, 1.165) is 50.4 Å². The van der Waals surface area contributed by atoms with Gasteiger partial charge in [0.1, 0.15) is 5.82 Å². The first-order valence-electron chi connectivity index (χ1n) is 9.11. The Labute approximate surface area is 145 Å². The van der Waals surface area contributed by atoms with E-state index in [-0.39, 0.29) is 5.82 Å². The van der Waals surface area contributed by atoms with Crippen molar-refractivity contribution in [1.82, 2.24) is 15.5 Å². The van der Waals surface area contributed by atoms with Crippen LogP contribution in [-0.2, 0) is 6.42 Å². The molecule has 1 fully saturated rings. The molecule has 0 atom stereocenters. The summed E-state index contributed by atoms with van der Waals surface area (Å²) in [6.45, 7) is 10.4. The van der Waals surface area contributed by atoms with Gasteiger partial charge in [0.25, 0.3) is 0 Å². The summed E-state index contributed by atoms with van der Waals surface area (Å²) in [5, 5.41) is 6.89. The molecule has 0 bridgehead atoms. The Morgan fingerprint density at radius 2 is 1.92 bits per heavy atom. The van der Waals surface area contributed by atoms with Crippen LogP contribution in [0.2, 0.25) is 0 Å². The normalized spacial score (nSPS) is 17.3. The van der Waals surface area contributed by atoms with Gasteiger partial charge in [0.05, 0.1) is 0 Å². The van der Waals surface area contributed by atoms with E-state index in [1.165, 1.54) is 12.1 Å². The van der Waals surface area contributed by atoms with E-state index in [1.807, 2.05) is 12.1 Å². The number of benzene rings is 1. The Kier molecular flexibility index (Phi) is 7.50. The summed E-state index contributed by atoms with van der Waals surface area (Å²) >= 11 is 0. The van der Waals surface area contributed by atoms with E-state index in [2.05, 4.69) is 41.3 Å². The first-order valence-corrected chi connectivity index (χ1v) is 9.11. The summed E-state index contributed by atoms with van der Waals surface area (Å²) in [5.41, 5.74) is 1.11. The largest absolute Gasteiger partial charge is 0.357 e. The first kappa shape index (κ1) is 18.7. The maximum absolute atomic E-state index is 12.9. The van der Waals surface area contributed by atoms with Gasteiger partial charge in [-0.25, -0.2) is 4.39 Å². The number of aliphatic imine (C=N–C) groups is 1. The zero-order valence-corrected chi connectivity index (χ0v) is 15.2. The lowest BCUT2D eigenvalue weighted by atomic mass is 10.0. The number of hydrogen-bond acceptors (Lipinski definition) is 2. The Bertz CT molecular complexity index is 505. The van der Waals surface area contributed by atoms with Crippen molar-refractivity contribution in [2.24, 2.45) is 4.99 Å².